The predicted octanol–water partition coefficient (Wildman–Crippen LogP) is 3.41. The fourth-order valence-electron chi connectivity index (χ4n) is 1.50. The van der Waals surface area contributed by atoms with Crippen molar-refractivity contribution in [2.24, 2.45) is 4.99 Å². The average molecular weight is 432 g/mol. The van der Waals surface area contributed by atoms with Crippen LogP contribution in [0.25, 0.3) is 0 Å². The zero-order chi connectivity index (χ0) is 14.1. The summed E-state index contributed by atoms with van der Waals surface area (Å²) in [5.41, 5.74) is 0. The van der Waals surface area contributed by atoms with Gasteiger partial charge in [0.25, 0.3) is 0 Å². The summed E-state index contributed by atoms with van der Waals surface area (Å²) in [4.78, 5) is 5.22. The van der Waals surface area contributed by atoms with Crippen LogP contribution in [0.3, 0.4) is 0 Å². The highest BCUT2D eigenvalue weighted by Crippen LogP contribution is 2.26. The van der Waals surface area contributed by atoms with Crippen LogP contribution in [0.15, 0.2) is 17.1 Å². The number of thiophene rings is 1. The van der Waals surface area contributed by atoms with Crippen molar-refractivity contribution in [3.8, 4) is 0 Å². The summed E-state index contributed by atoms with van der Waals surface area (Å²) in [6.45, 7) is 6.20. The van der Waals surface area contributed by atoms with Crippen molar-refractivity contribution in [2.75, 3.05) is 19.6 Å². The highest BCUT2D eigenvalue weighted by Gasteiger charge is 2.09. The molecule has 0 aliphatic carbocycles. The van der Waals surface area contributed by atoms with Crippen molar-refractivity contribution in [2.45, 2.75) is 32.8 Å². The van der Waals surface area contributed by atoms with Gasteiger partial charge in [0.2, 0.25) is 0 Å². The van der Waals surface area contributed by atoms with E-state index in [2.05, 4.69) is 22.5 Å². The van der Waals surface area contributed by atoms with Gasteiger partial charge in [-0.25, -0.2) is 0 Å². The molecule has 1 atom stereocenters. The standard InChI is InChI=1S/C13H22ClN3OS.HI/c1-3-5-8-16-13(15-4-2)17-9-10(18)11-6-7-12(14)19-11;/h6-7,10,18H,3-5,8-9H2,1-2H3,(H2,15,16,17);1H. The molecule has 20 heavy (non-hydrogen) atoms. The quantitative estimate of drug-likeness (QED) is 0.268. The van der Waals surface area contributed by atoms with Crippen molar-refractivity contribution in [3.63, 3.8) is 0 Å². The van der Waals surface area contributed by atoms with E-state index < -0.39 is 6.10 Å². The molecule has 1 rings (SSSR count). The number of guanidine groups is 1. The molecular weight excluding hydrogens is 409 g/mol. The molecule has 0 aliphatic heterocycles. The monoisotopic (exact) mass is 431 g/mol. The highest BCUT2D eigenvalue weighted by atomic mass is 127. The Morgan fingerprint density at radius 2 is 2.15 bits per heavy atom. The Labute approximate surface area is 147 Å². The molecule has 0 spiro atoms. The third-order valence-corrected chi connectivity index (χ3v) is 3.84. The molecule has 0 saturated carbocycles. The van der Waals surface area contributed by atoms with Crippen LogP contribution in [0.1, 0.15) is 37.7 Å². The van der Waals surface area contributed by atoms with Gasteiger partial charge in [0.15, 0.2) is 5.96 Å². The van der Waals surface area contributed by atoms with Crippen LogP contribution in [0.5, 0.6) is 0 Å². The Morgan fingerprint density at radius 3 is 2.70 bits per heavy atom. The molecule has 0 aromatic carbocycles. The molecular formula is C13H23ClIN3OS. The second-order valence-corrected chi connectivity index (χ2v) is 5.90. The average Bonchev–Trinajstić information content (AvgIpc) is 2.82. The van der Waals surface area contributed by atoms with Crippen LogP contribution < -0.4 is 10.6 Å². The lowest BCUT2D eigenvalue weighted by Gasteiger charge is -2.12. The summed E-state index contributed by atoms with van der Waals surface area (Å²) in [6.07, 6.45) is 1.65. The van der Waals surface area contributed by atoms with Crippen LogP contribution in [0.2, 0.25) is 4.34 Å². The molecule has 1 aromatic heterocycles. The van der Waals surface area contributed by atoms with Crippen LogP contribution in [-0.4, -0.2) is 30.7 Å². The van der Waals surface area contributed by atoms with E-state index >= 15 is 0 Å². The summed E-state index contributed by atoms with van der Waals surface area (Å²) in [5.74, 6) is 0.748. The maximum Gasteiger partial charge on any atom is 0.191 e. The number of aliphatic hydroxyl groups excluding tert-OH is 1. The summed E-state index contributed by atoms with van der Waals surface area (Å²) < 4.78 is 0.686. The molecule has 1 heterocycles. The summed E-state index contributed by atoms with van der Waals surface area (Å²) in [5, 5.41) is 16.4. The number of unbranched alkanes of at least 4 members (excludes halogenated alkanes) is 1. The van der Waals surface area contributed by atoms with Gasteiger partial charge in [0.1, 0.15) is 6.10 Å². The Morgan fingerprint density at radius 1 is 1.40 bits per heavy atom. The van der Waals surface area contributed by atoms with E-state index in [1.807, 2.05) is 13.0 Å². The lowest BCUT2D eigenvalue weighted by atomic mass is 10.3. The number of nitrogens with one attached hydrogen (secondary N) is 2. The van der Waals surface area contributed by atoms with Gasteiger partial charge in [-0.15, -0.1) is 35.3 Å². The largest absolute Gasteiger partial charge is 0.386 e. The molecule has 0 amide bonds. The molecule has 0 saturated heterocycles. The van der Waals surface area contributed by atoms with E-state index in [0.717, 1.165) is 36.8 Å². The molecule has 116 valence electrons. The van der Waals surface area contributed by atoms with Crippen molar-refractivity contribution >= 4 is 52.9 Å². The minimum atomic E-state index is -0.598. The van der Waals surface area contributed by atoms with Gasteiger partial charge >= 0.3 is 0 Å². The first kappa shape index (κ1) is 19.9. The van der Waals surface area contributed by atoms with Gasteiger partial charge in [0, 0.05) is 18.0 Å². The van der Waals surface area contributed by atoms with E-state index in [1.165, 1.54) is 11.3 Å². The van der Waals surface area contributed by atoms with Gasteiger partial charge in [0.05, 0.1) is 10.9 Å². The Balaban J connectivity index is 0.00000361. The van der Waals surface area contributed by atoms with Gasteiger partial charge in [-0.05, 0) is 25.5 Å². The molecule has 0 fully saturated rings. The third-order valence-electron chi connectivity index (χ3n) is 2.51. The molecule has 0 radical (unpaired) electrons. The summed E-state index contributed by atoms with van der Waals surface area (Å²) in [6, 6.07) is 3.63. The van der Waals surface area contributed by atoms with Gasteiger partial charge in [-0.3, -0.25) is 4.99 Å². The van der Waals surface area contributed by atoms with E-state index in [1.54, 1.807) is 6.07 Å². The zero-order valence-electron chi connectivity index (χ0n) is 11.9. The maximum absolute atomic E-state index is 10.0. The molecule has 0 bridgehead atoms. The lowest BCUT2D eigenvalue weighted by molar-refractivity contribution is 0.191. The maximum atomic E-state index is 10.0. The molecule has 0 aliphatic rings. The van der Waals surface area contributed by atoms with E-state index in [-0.39, 0.29) is 24.0 Å². The highest BCUT2D eigenvalue weighted by molar-refractivity contribution is 14.0. The number of hydrogen-bond acceptors (Lipinski definition) is 3. The number of hydrogen-bond donors (Lipinski definition) is 3. The van der Waals surface area contributed by atoms with Crippen molar-refractivity contribution in [1.82, 2.24) is 10.6 Å². The Bertz CT molecular complexity index is 401. The van der Waals surface area contributed by atoms with Gasteiger partial charge in [-0.1, -0.05) is 24.9 Å². The van der Waals surface area contributed by atoms with E-state index in [0.29, 0.717) is 10.9 Å². The SMILES string of the molecule is CCCCNC(=NCC(O)c1ccc(Cl)s1)NCC.I. The van der Waals surface area contributed by atoms with Gasteiger partial charge < -0.3 is 15.7 Å². The van der Waals surface area contributed by atoms with Crippen LogP contribution >= 0.6 is 46.9 Å². The normalized spacial score (nSPS) is 12.7. The molecule has 4 nitrogen and oxygen atoms in total. The van der Waals surface area contributed by atoms with Crippen molar-refractivity contribution in [3.05, 3.63) is 21.3 Å². The van der Waals surface area contributed by atoms with E-state index in [4.69, 9.17) is 11.6 Å². The smallest absolute Gasteiger partial charge is 0.191 e. The van der Waals surface area contributed by atoms with Crippen molar-refractivity contribution in [1.29, 1.82) is 0 Å². The Kier molecular flexibility index (Phi) is 11.6. The first-order valence-electron chi connectivity index (χ1n) is 6.62. The third kappa shape index (κ3) is 7.66. The summed E-state index contributed by atoms with van der Waals surface area (Å²) in [7, 11) is 0. The number of nitrogens with zero attached hydrogens (tertiary/aromatic N) is 1. The fraction of sp³-hybridized carbons (Fsp3) is 0.615. The fourth-order valence-corrected chi connectivity index (χ4v) is 2.54. The molecule has 7 heteroatoms. The minimum Gasteiger partial charge on any atom is -0.386 e. The van der Waals surface area contributed by atoms with Gasteiger partial charge in [-0.2, -0.15) is 0 Å². The van der Waals surface area contributed by atoms with E-state index in [9.17, 15) is 5.11 Å². The molecule has 1 unspecified atom stereocenters. The van der Waals surface area contributed by atoms with Crippen LogP contribution in [0.4, 0.5) is 0 Å². The number of halogens is 2. The van der Waals surface area contributed by atoms with Crippen LogP contribution in [-0.2, 0) is 0 Å². The minimum absolute atomic E-state index is 0. The Hall–Kier alpha value is -0.0500. The number of aliphatic imine (C=N–C) groups is 1. The second kappa shape index (κ2) is 11.6. The first-order chi connectivity index (χ1) is 9.17. The summed E-state index contributed by atoms with van der Waals surface area (Å²) >= 11 is 7.24. The lowest BCUT2D eigenvalue weighted by Crippen LogP contribution is -2.38. The predicted molar refractivity (Wildman–Crippen MR) is 98.6 cm³/mol. The number of aliphatic hydroxyl groups is 1. The zero-order valence-corrected chi connectivity index (χ0v) is 15.8. The second-order valence-electron chi connectivity index (χ2n) is 4.16. The topological polar surface area (TPSA) is 56.7 Å². The molecule has 1 aromatic rings. The first-order valence-corrected chi connectivity index (χ1v) is 7.82. The number of rotatable bonds is 7. The molecule has 3 N–H and O–H groups in total. The van der Waals surface area contributed by atoms with Crippen LogP contribution in [0, 0.1) is 0 Å². The van der Waals surface area contributed by atoms with Crippen molar-refractivity contribution < 1.29 is 5.11 Å².